The van der Waals surface area contributed by atoms with Gasteiger partial charge < -0.3 is 15.2 Å². The molecule has 0 aromatic carbocycles. The smallest absolute Gasteiger partial charge is 0.319 e. The van der Waals surface area contributed by atoms with Crippen LogP contribution in [0.4, 0.5) is 10.5 Å². The van der Waals surface area contributed by atoms with E-state index in [1.807, 2.05) is 13.8 Å². The van der Waals surface area contributed by atoms with Crippen LogP contribution in [0.1, 0.15) is 27.0 Å². The third kappa shape index (κ3) is 3.11. The number of aromatic nitrogens is 2. The van der Waals surface area contributed by atoms with Crippen LogP contribution in [0.25, 0.3) is 0 Å². The monoisotopic (exact) mass is 280 g/mol. The van der Waals surface area contributed by atoms with Gasteiger partial charge in [-0.15, -0.1) is 11.3 Å². The second-order valence-corrected chi connectivity index (χ2v) is 5.54. The van der Waals surface area contributed by atoms with E-state index < -0.39 is 0 Å². The first-order chi connectivity index (χ1) is 8.97. The highest BCUT2D eigenvalue weighted by Crippen LogP contribution is 2.19. The number of hydrogen-bond donors (Lipinski definition) is 2. The van der Waals surface area contributed by atoms with Crippen LogP contribution in [0, 0.1) is 27.7 Å². The third-order valence-corrected chi connectivity index (χ3v) is 3.82. The molecule has 0 aliphatic heterocycles. The maximum absolute atomic E-state index is 11.8. The summed E-state index contributed by atoms with van der Waals surface area (Å²) < 4.78 is 4.98. The lowest BCUT2D eigenvalue weighted by Gasteiger charge is -2.05. The molecule has 2 N–H and O–H groups in total. The summed E-state index contributed by atoms with van der Waals surface area (Å²) >= 11 is 1.59. The Morgan fingerprint density at radius 3 is 2.53 bits per heavy atom. The number of anilines is 1. The summed E-state index contributed by atoms with van der Waals surface area (Å²) in [5, 5.41) is 10.1. The van der Waals surface area contributed by atoms with E-state index >= 15 is 0 Å². The van der Waals surface area contributed by atoms with Gasteiger partial charge in [-0.2, -0.15) is 0 Å². The zero-order valence-corrected chi connectivity index (χ0v) is 12.1. The van der Waals surface area contributed by atoms with Crippen molar-refractivity contribution in [1.29, 1.82) is 0 Å². The Morgan fingerprint density at radius 1 is 1.26 bits per heavy atom. The molecule has 0 saturated heterocycles. The number of nitrogens with zero attached hydrogens (tertiary/aromatic N) is 2. The Kier molecular flexibility index (Phi) is 3.84. The van der Waals surface area contributed by atoms with E-state index in [9.17, 15) is 4.79 Å². The molecular weight excluding hydrogens is 264 g/mol. The quantitative estimate of drug-likeness (QED) is 0.905. The highest BCUT2D eigenvalue weighted by atomic mass is 32.1. The van der Waals surface area contributed by atoms with Gasteiger partial charge in [0, 0.05) is 4.88 Å². The number of hydrogen-bond acceptors (Lipinski definition) is 5. The first kappa shape index (κ1) is 13.5. The van der Waals surface area contributed by atoms with Gasteiger partial charge in [0.25, 0.3) is 0 Å². The number of carbonyl (C=O) groups is 1. The maximum Gasteiger partial charge on any atom is 0.319 e. The maximum atomic E-state index is 11.8. The first-order valence-corrected chi connectivity index (χ1v) is 6.69. The summed E-state index contributed by atoms with van der Waals surface area (Å²) in [6.45, 7) is 7.91. The standard InChI is InChI=1S/C12H16N4O2S/c1-6-9(4)19-10(14-6)5-13-12(17)15-11-7(2)16-18-8(11)3/h5H2,1-4H3,(H2,13,15,17). The molecule has 0 radical (unpaired) electrons. The van der Waals surface area contributed by atoms with Gasteiger partial charge in [-0.05, 0) is 27.7 Å². The molecule has 0 fully saturated rings. The van der Waals surface area contributed by atoms with Crippen molar-refractivity contribution >= 4 is 23.1 Å². The molecule has 2 rings (SSSR count). The molecule has 2 heterocycles. The average Bonchev–Trinajstić information content (AvgIpc) is 2.84. The van der Waals surface area contributed by atoms with Gasteiger partial charge in [-0.1, -0.05) is 5.16 Å². The molecule has 102 valence electrons. The Labute approximate surface area is 115 Å². The highest BCUT2D eigenvalue weighted by molar-refractivity contribution is 7.11. The van der Waals surface area contributed by atoms with E-state index in [2.05, 4.69) is 20.8 Å². The molecule has 2 aromatic rings. The molecule has 19 heavy (non-hydrogen) atoms. The predicted molar refractivity (Wildman–Crippen MR) is 73.4 cm³/mol. The van der Waals surface area contributed by atoms with Crippen LogP contribution in [-0.4, -0.2) is 16.2 Å². The van der Waals surface area contributed by atoms with Crippen LogP contribution in [-0.2, 0) is 6.54 Å². The van der Waals surface area contributed by atoms with Crippen molar-refractivity contribution in [2.24, 2.45) is 0 Å². The fourth-order valence-electron chi connectivity index (χ4n) is 1.59. The second kappa shape index (κ2) is 5.40. The van der Waals surface area contributed by atoms with E-state index in [1.165, 1.54) is 4.88 Å². The minimum absolute atomic E-state index is 0.292. The summed E-state index contributed by atoms with van der Waals surface area (Å²) in [5.74, 6) is 0.591. The largest absolute Gasteiger partial charge is 0.359 e. The SMILES string of the molecule is Cc1nc(CNC(=O)Nc2c(C)noc2C)sc1C. The lowest BCUT2D eigenvalue weighted by molar-refractivity contribution is 0.251. The summed E-state index contributed by atoms with van der Waals surface area (Å²) in [7, 11) is 0. The molecule has 0 aliphatic rings. The number of aryl methyl sites for hydroxylation is 4. The molecule has 2 amide bonds. The summed E-state index contributed by atoms with van der Waals surface area (Å²) in [6.07, 6.45) is 0. The van der Waals surface area contributed by atoms with Crippen LogP contribution in [0.2, 0.25) is 0 Å². The van der Waals surface area contributed by atoms with Crippen molar-refractivity contribution in [1.82, 2.24) is 15.5 Å². The van der Waals surface area contributed by atoms with Crippen LogP contribution < -0.4 is 10.6 Å². The molecule has 0 saturated carbocycles. The van der Waals surface area contributed by atoms with Gasteiger partial charge in [0.1, 0.15) is 16.4 Å². The first-order valence-electron chi connectivity index (χ1n) is 5.88. The highest BCUT2D eigenvalue weighted by Gasteiger charge is 2.12. The van der Waals surface area contributed by atoms with Crippen molar-refractivity contribution in [3.05, 3.63) is 27.0 Å². The number of rotatable bonds is 3. The Hall–Kier alpha value is -1.89. The van der Waals surface area contributed by atoms with Gasteiger partial charge in [-0.3, -0.25) is 0 Å². The van der Waals surface area contributed by atoms with Crippen LogP contribution in [0.15, 0.2) is 4.52 Å². The van der Waals surface area contributed by atoms with E-state index in [1.54, 1.807) is 25.2 Å². The average molecular weight is 280 g/mol. The molecule has 0 bridgehead atoms. The van der Waals surface area contributed by atoms with Crippen molar-refractivity contribution in [3.8, 4) is 0 Å². The van der Waals surface area contributed by atoms with Crippen molar-refractivity contribution in [3.63, 3.8) is 0 Å². The fourth-order valence-corrected chi connectivity index (χ4v) is 2.46. The number of nitrogens with one attached hydrogen (secondary N) is 2. The zero-order chi connectivity index (χ0) is 14.0. The molecule has 0 atom stereocenters. The van der Waals surface area contributed by atoms with E-state index in [-0.39, 0.29) is 6.03 Å². The molecule has 7 heteroatoms. The van der Waals surface area contributed by atoms with E-state index in [0.29, 0.717) is 23.7 Å². The molecule has 2 aromatic heterocycles. The predicted octanol–water partition coefficient (Wildman–Crippen LogP) is 2.69. The fraction of sp³-hybridized carbons (Fsp3) is 0.417. The van der Waals surface area contributed by atoms with Crippen LogP contribution in [0.3, 0.4) is 0 Å². The van der Waals surface area contributed by atoms with E-state index in [4.69, 9.17) is 4.52 Å². The summed E-state index contributed by atoms with van der Waals surface area (Å²) in [6, 6.07) is -0.292. The molecule has 6 nitrogen and oxygen atoms in total. The lowest BCUT2D eigenvalue weighted by atomic mass is 10.3. The number of amides is 2. The third-order valence-electron chi connectivity index (χ3n) is 2.74. The van der Waals surface area contributed by atoms with Gasteiger partial charge >= 0.3 is 6.03 Å². The zero-order valence-electron chi connectivity index (χ0n) is 11.3. The normalized spacial score (nSPS) is 10.5. The number of thiazole rings is 1. The Balaban J connectivity index is 1.92. The summed E-state index contributed by atoms with van der Waals surface area (Å²) in [5.41, 5.74) is 2.28. The van der Waals surface area contributed by atoms with Crippen molar-refractivity contribution < 1.29 is 9.32 Å². The van der Waals surface area contributed by atoms with Gasteiger partial charge in [0.05, 0.1) is 12.2 Å². The van der Waals surface area contributed by atoms with Crippen molar-refractivity contribution in [2.45, 2.75) is 34.2 Å². The van der Waals surface area contributed by atoms with Gasteiger partial charge in [0.15, 0.2) is 5.76 Å². The van der Waals surface area contributed by atoms with Crippen LogP contribution in [0.5, 0.6) is 0 Å². The lowest BCUT2D eigenvalue weighted by Crippen LogP contribution is -2.28. The summed E-state index contributed by atoms with van der Waals surface area (Å²) in [4.78, 5) is 17.3. The molecular formula is C12H16N4O2S. The molecule has 0 aliphatic carbocycles. The topological polar surface area (TPSA) is 80.0 Å². The Morgan fingerprint density at radius 2 is 2.00 bits per heavy atom. The Bertz CT molecular complexity index is 564. The van der Waals surface area contributed by atoms with Gasteiger partial charge in [-0.25, -0.2) is 9.78 Å². The second-order valence-electron chi connectivity index (χ2n) is 4.26. The molecule has 0 unspecified atom stereocenters. The number of carbonyl (C=O) groups excluding carboxylic acids is 1. The van der Waals surface area contributed by atoms with Gasteiger partial charge in [0.2, 0.25) is 0 Å². The van der Waals surface area contributed by atoms with Crippen molar-refractivity contribution in [2.75, 3.05) is 5.32 Å². The number of urea groups is 1. The molecule has 0 spiro atoms. The van der Waals surface area contributed by atoms with Crippen LogP contribution >= 0.6 is 11.3 Å². The van der Waals surface area contributed by atoms with E-state index in [0.717, 1.165) is 10.7 Å². The minimum atomic E-state index is -0.292. The minimum Gasteiger partial charge on any atom is -0.359 e.